The maximum atomic E-state index is 2.89. The lowest BCUT2D eigenvalue weighted by molar-refractivity contribution is 0.0934. The second-order valence-corrected chi connectivity index (χ2v) is 15.9. The van der Waals surface area contributed by atoms with Crippen LogP contribution in [0.2, 0.25) is 18.6 Å². The molecule has 3 fully saturated rings. The number of anilines is 1. The predicted octanol–water partition coefficient (Wildman–Crippen LogP) is 7.49. The summed E-state index contributed by atoms with van der Waals surface area (Å²) in [6.45, 7) is 12.7. The summed E-state index contributed by atoms with van der Waals surface area (Å²) in [5, 5.41) is 0. The molecule has 0 heterocycles. The van der Waals surface area contributed by atoms with E-state index in [9.17, 15) is 0 Å². The third-order valence-electron chi connectivity index (χ3n) is 8.39. The molecule has 5 atom stereocenters. The van der Waals surface area contributed by atoms with E-state index in [1.54, 1.807) is 12.8 Å². The average molecular weight is 384 g/mol. The quantitative estimate of drug-likeness (QED) is 0.489. The molecule has 27 heavy (non-hydrogen) atoms. The number of rotatable bonds is 3. The Hall–Kier alpha value is -0.763. The molecule has 0 aromatic heterocycles. The Morgan fingerprint density at radius 1 is 0.815 bits per heavy atom. The molecule has 0 bridgehead atoms. The van der Waals surface area contributed by atoms with E-state index in [-0.39, 0.29) is 5.54 Å². The van der Waals surface area contributed by atoms with Crippen molar-refractivity contribution >= 4 is 13.9 Å². The van der Waals surface area contributed by atoms with Gasteiger partial charge in [-0.15, -0.1) is 0 Å². The Bertz CT molecular complexity index is 631. The molecule has 0 amide bonds. The monoisotopic (exact) mass is 383 g/mol. The van der Waals surface area contributed by atoms with E-state index in [4.69, 9.17) is 0 Å². The van der Waals surface area contributed by atoms with Crippen LogP contribution in [0.1, 0.15) is 72.1 Å². The van der Waals surface area contributed by atoms with Crippen LogP contribution in [0.25, 0.3) is 0 Å². The number of nitrogens with zero attached hydrogens (tertiary/aromatic N) is 1. The minimum Gasteiger partial charge on any atom is -0.393 e. The minimum atomic E-state index is -1.61. The topological polar surface area (TPSA) is 3.24 Å². The Morgan fingerprint density at radius 3 is 2.07 bits per heavy atom. The Kier molecular flexibility index (Phi) is 5.25. The van der Waals surface area contributed by atoms with Gasteiger partial charge in [-0.25, -0.2) is 0 Å². The molecule has 1 nitrogen and oxygen atoms in total. The maximum absolute atomic E-state index is 2.89. The summed E-state index contributed by atoms with van der Waals surface area (Å²) < 4.78 is 2.89. The zero-order valence-electron chi connectivity index (χ0n) is 18.4. The Balaban J connectivity index is 1.62. The first-order valence-electron chi connectivity index (χ1n) is 11.6. The first-order valence-corrected chi connectivity index (χ1v) is 14.7. The lowest BCUT2D eigenvalue weighted by Gasteiger charge is -2.53. The maximum Gasteiger partial charge on any atom is 0.154 e. The van der Waals surface area contributed by atoms with Gasteiger partial charge >= 0.3 is 0 Å². The van der Waals surface area contributed by atoms with Crippen LogP contribution < -0.4 is 4.57 Å². The molecule has 2 heteroatoms. The molecule has 0 spiro atoms. The van der Waals surface area contributed by atoms with Gasteiger partial charge in [0.2, 0.25) is 0 Å². The zero-order chi connectivity index (χ0) is 19.2. The zero-order valence-corrected chi connectivity index (χ0v) is 19.4. The lowest BCUT2D eigenvalue weighted by Crippen LogP contribution is -2.61. The molecule has 0 radical (unpaired) electrons. The Morgan fingerprint density at radius 2 is 1.44 bits per heavy atom. The summed E-state index contributed by atoms with van der Waals surface area (Å²) in [7, 11) is -1.61. The molecule has 5 unspecified atom stereocenters. The fourth-order valence-electron chi connectivity index (χ4n) is 7.65. The SMILES string of the molecule is CC(C)(C)N(c1ccccc1)[Si](C)(C)C1CCC2CC3CCCCC3CC21. The van der Waals surface area contributed by atoms with Gasteiger partial charge in [0.15, 0.2) is 8.24 Å². The van der Waals surface area contributed by atoms with Crippen molar-refractivity contribution in [3.8, 4) is 0 Å². The van der Waals surface area contributed by atoms with Gasteiger partial charge in [0.05, 0.1) is 0 Å². The van der Waals surface area contributed by atoms with Gasteiger partial charge in [-0.2, -0.15) is 0 Å². The summed E-state index contributed by atoms with van der Waals surface area (Å²) in [6, 6.07) is 11.3. The number of hydrogen-bond acceptors (Lipinski definition) is 1. The van der Waals surface area contributed by atoms with Crippen LogP contribution in [0.4, 0.5) is 5.69 Å². The molecule has 150 valence electrons. The van der Waals surface area contributed by atoms with Gasteiger partial charge < -0.3 is 4.57 Å². The largest absolute Gasteiger partial charge is 0.393 e. The molecule has 4 rings (SSSR count). The van der Waals surface area contributed by atoms with Crippen molar-refractivity contribution in [1.29, 1.82) is 0 Å². The highest BCUT2D eigenvalue weighted by Gasteiger charge is 2.53. The highest BCUT2D eigenvalue weighted by atomic mass is 28.3. The summed E-state index contributed by atoms with van der Waals surface area (Å²) in [6.07, 6.45) is 12.2. The van der Waals surface area contributed by atoms with Crippen LogP contribution in [0.3, 0.4) is 0 Å². The second-order valence-electron chi connectivity index (χ2n) is 11.4. The lowest BCUT2D eigenvalue weighted by atomic mass is 9.64. The first kappa shape index (κ1) is 19.5. The molecular weight excluding hydrogens is 342 g/mol. The Labute approximate surface area is 169 Å². The number of para-hydroxylation sites is 1. The minimum absolute atomic E-state index is 0.192. The normalized spacial score (nSPS) is 34.0. The van der Waals surface area contributed by atoms with E-state index in [0.717, 1.165) is 29.2 Å². The van der Waals surface area contributed by atoms with Crippen LogP contribution in [0.5, 0.6) is 0 Å². The van der Waals surface area contributed by atoms with E-state index < -0.39 is 8.24 Å². The predicted molar refractivity (Wildman–Crippen MR) is 121 cm³/mol. The first-order chi connectivity index (χ1) is 12.8. The highest BCUT2D eigenvalue weighted by molar-refractivity contribution is 6.82. The number of fused-ring (bicyclic) bond motifs is 2. The van der Waals surface area contributed by atoms with Crippen molar-refractivity contribution in [3.05, 3.63) is 30.3 Å². The molecule has 0 N–H and O–H groups in total. The van der Waals surface area contributed by atoms with Crippen LogP contribution in [-0.4, -0.2) is 13.8 Å². The van der Waals surface area contributed by atoms with E-state index in [0.29, 0.717) is 0 Å². The fourth-order valence-corrected chi connectivity index (χ4v) is 12.9. The summed E-state index contributed by atoms with van der Waals surface area (Å²) in [5.74, 6) is 4.19. The van der Waals surface area contributed by atoms with E-state index in [2.05, 4.69) is 68.8 Å². The molecule has 1 aromatic rings. The summed E-state index contributed by atoms with van der Waals surface area (Å²) in [4.78, 5) is 0. The summed E-state index contributed by atoms with van der Waals surface area (Å²) in [5.41, 5.74) is 2.61. The molecule has 3 aliphatic carbocycles. The van der Waals surface area contributed by atoms with Crippen molar-refractivity contribution in [2.45, 2.75) is 96.3 Å². The summed E-state index contributed by atoms with van der Waals surface area (Å²) >= 11 is 0. The third kappa shape index (κ3) is 3.63. The van der Waals surface area contributed by atoms with Crippen molar-refractivity contribution in [1.82, 2.24) is 0 Å². The standard InChI is InChI=1S/C25H41NSi/c1-25(2,3)26(22-13-7-6-8-14-22)27(4,5)24-16-15-21-17-19-11-9-10-12-20(19)18-23(21)24/h6-8,13-14,19-21,23-24H,9-12,15-18H2,1-5H3. The van der Waals surface area contributed by atoms with Crippen molar-refractivity contribution in [3.63, 3.8) is 0 Å². The molecule has 0 saturated heterocycles. The van der Waals surface area contributed by atoms with Crippen LogP contribution >= 0.6 is 0 Å². The number of hydrogen-bond donors (Lipinski definition) is 0. The van der Waals surface area contributed by atoms with E-state index >= 15 is 0 Å². The molecule has 1 aromatic carbocycles. The van der Waals surface area contributed by atoms with Crippen molar-refractivity contribution in [2.75, 3.05) is 4.57 Å². The van der Waals surface area contributed by atoms with E-state index in [1.165, 1.54) is 44.2 Å². The van der Waals surface area contributed by atoms with Gasteiger partial charge in [0, 0.05) is 11.2 Å². The van der Waals surface area contributed by atoms with Crippen molar-refractivity contribution in [2.24, 2.45) is 23.7 Å². The van der Waals surface area contributed by atoms with Gasteiger partial charge in [-0.1, -0.05) is 69.8 Å². The second kappa shape index (κ2) is 7.24. The van der Waals surface area contributed by atoms with Gasteiger partial charge in [0.25, 0.3) is 0 Å². The highest BCUT2D eigenvalue weighted by Crippen LogP contribution is 2.58. The molecule has 3 aliphatic rings. The van der Waals surface area contributed by atoms with Crippen LogP contribution in [0, 0.1) is 23.7 Å². The van der Waals surface area contributed by atoms with Gasteiger partial charge in [-0.3, -0.25) is 0 Å². The molecular formula is C25H41NSi. The average Bonchev–Trinajstić information content (AvgIpc) is 3.03. The third-order valence-corrected chi connectivity index (χ3v) is 13.0. The van der Waals surface area contributed by atoms with Crippen molar-refractivity contribution < 1.29 is 0 Å². The molecule has 0 aliphatic heterocycles. The van der Waals surface area contributed by atoms with E-state index in [1.807, 2.05) is 0 Å². The fraction of sp³-hybridized carbons (Fsp3) is 0.760. The molecule has 3 saturated carbocycles. The smallest absolute Gasteiger partial charge is 0.154 e. The van der Waals surface area contributed by atoms with Gasteiger partial charge in [-0.05, 0) is 75.0 Å². The van der Waals surface area contributed by atoms with Crippen LogP contribution in [0.15, 0.2) is 30.3 Å². The van der Waals surface area contributed by atoms with Gasteiger partial charge in [0.1, 0.15) is 0 Å². The number of benzene rings is 1. The van der Waals surface area contributed by atoms with Crippen LogP contribution in [-0.2, 0) is 0 Å².